The van der Waals surface area contributed by atoms with Gasteiger partial charge in [-0.2, -0.15) is 22.8 Å². The Kier molecular flexibility index (Phi) is 7.00. The highest BCUT2D eigenvalue weighted by Gasteiger charge is 2.64. The highest BCUT2D eigenvalue weighted by molar-refractivity contribution is 5.79. The third kappa shape index (κ3) is 5.32. The zero-order valence-corrected chi connectivity index (χ0v) is 19.3. The molecule has 0 amide bonds. The van der Waals surface area contributed by atoms with Gasteiger partial charge in [0.05, 0.1) is 24.0 Å². The number of ether oxygens (including phenoxy) is 3. The number of hydrogen-bond acceptors (Lipinski definition) is 8. The Bertz CT molecular complexity index is 808. The van der Waals surface area contributed by atoms with Crippen LogP contribution in [0.15, 0.2) is 0 Å². The maximum Gasteiger partial charge on any atom is 0.417 e. The number of alkyl halides is 4. The molecule has 1 N–H and O–H groups in total. The van der Waals surface area contributed by atoms with Crippen molar-refractivity contribution in [3.05, 3.63) is 0 Å². The van der Waals surface area contributed by atoms with E-state index in [-0.39, 0.29) is 24.9 Å². The molecule has 0 aromatic heterocycles. The fraction of sp³-hybridized carbons (Fsp3) is 0.864. The fourth-order valence-electron chi connectivity index (χ4n) is 5.96. The molecule has 0 saturated heterocycles. The summed E-state index contributed by atoms with van der Waals surface area (Å²) in [6.07, 6.45) is 1.69. The van der Waals surface area contributed by atoms with Crippen LogP contribution in [0.5, 0.6) is 0 Å². The van der Waals surface area contributed by atoms with Crippen LogP contribution in [0.1, 0.15) is 65.7 Å². The summed E-state index contributed by atoms with van der Waals surface area (Å²) in [5.41, 5.74) is -2.44. The highest BCUT2D eigenvalue weighted by atomic mass is 19.3. The van der Waals surface area contributed by atoms with E-state index in [0.717, 1.165) is 6.42 Å². The summed E-state index contributed by atoms with van der Waals surface area (Å²) in [5, 5.41) is 8.01. The lowest BCUT2D eigenvalue weighted by Crippen LogP contribution is -2.60. The van der Waals surface area contributed by atoms with Gasteiger partial charge in [-0.05, 0) is 71.1 Å². The molecule has 0 radical (unpaired) electrons. The van der Waals surface area contributed by atoms with E-state index in [1.807, 2.05) is 0 Å². The Morgan fingerprint density at radius 3 is 2.12 bits per heavy atom. The molecular weight excluding hydrogens is 468 g/mol. The van der Waals surface area contributed by atoms with Gasteiger partial charge in [0.15, 0.2) is 0 Å². The van der Waals surface area contributed by atoms with Crippen LogP contribution in [0.25, 0.3) is 0 Å². The number of halogens is 4. The monoisotopic (exact) mass is 498 g/mol. The third-order valence-electron chi connectivity index (χ3n) is 6.80. The predicted molar refractivity (Wildman–Crippen MR) is 106 cm³/mol. The van der Waals surface area contributed by atoms with Crippen molar-refractivity contribution in [2.75, 3.05) is 13.2 Å². The molecule has 8 nitrogen and oxygen atoms in total. The van der Waals surface area contributed by atoms with E-state index in [1.54, 1.807) is 20.8 Å². The maximum absolute atomic E-state index is 13.8. The molecule has 4 aliphatic rings. The average molecular weight is 498 g/mol. The van der Waals surface area contributed by atoms with Crippen LogP contribution in [0.3, 0.4) is 0 Å². The molecule has 34 heavy (non-hydrogen) atoms. The van der Waals surface area contributed by atoms with Crippen molar-refractivity contribution in [2.24, 2.45) is 17.3 Å². The molecule has 12 heteroatoms. The Labute approximate surface area is 194 Å². The molecule has 194 valence electrons. The highest BCUT2D eigenvalue weighted by Crippen LogP contribution is 2.63. The van der Waals surface area contributed by atoms with Crippen molar-refractivity contribution in [3.8, 4) is 0 Å². The van der Waals surface area contributed by atoms with E-state index >= 15 is 0 Å². The number of carbonyl (C=O) groups is 3. The number of rotatable bonds is 9. The Morgan fingerprint density at radius 2 is 1.59 bits per heavy atom. The van der Waals surface area contributed by atoms with Gasteiger partial charge in [-0.1, -0.05) is 0 Å². The van der Waals surface area contributed by atoms with E-state index < -0.39 is 59.4 Å². The molecule has 4 aliphatic carbocycles. The molecule has 0 aromatic carbocycles. The smallest absolute Gasteiger partial charge is 0.417 e. The van der Waals surface area contributed by atoms with E-state index in [2.05, 4.69) is 4.89 Å². The molecule has 0 aromatic rings. The molecule has 0 aliphatic heterocycles. The first-order chi connectivity index (χ1) is 15.5. The van der Waals surface area contributed by atoms with Gasteiger partial charge >= 0.3 is 29.8 Å². The minimum atomic E-state index is -5.28. The largest absolute Gasteiger partial charge is 0.465 e. The zero-order valence-electron chi connectivity index (χ0n) is 19.3. The van der Waals surface area contributed by atoms with Gasteiger partial charge in [-0.25, -0.2) is 9.59 Å². The third-order valence-corrected chi connectivity index (χ3v) is 6.80. The minimum absolute atomic E-state index is 0.123. The summed E-state index contributed by atoms with van der Waals surface area (Å²) < 4.78 is 70.8. The molecule has 0 spiro atoms. The first kappa shape index (κ1) is 26.7. The van der Waals surface area contributed by atoms with Crippen LogP contribution in [0.4, 0.5) is 17.6 Å². The van der Waals surface area contributed by atoms with Crippen LogP contribution >= 0.6 is 0 Å². The van der Waals surface area contributed by atoms with Gasteiger partial charge in [-0.3, -0.25) is 9.68 Å². The number of esters is 2. The van der Waals surface area contributed by atoms with Gasteiger partial charge in [0.2, 0.25) is 0 Å². The quantitative estimate of drug-likeness (QED) is 0.168. The van der Waals surface area contributed by atoms with E-state index in [4.69, 9.17) is 19.5 Å². The summed E-state index contributed by atoms with van der Waals surface area (Å²) in [4.78, 5) is 38.6. The Hall–Kier alpha value is -1.95. The van der Waals surface area contributed by atoms with Gasteiger partial charge in [0.25, 0.3) is 0 Å². The zero-order chi connectivity index (χ0) is 25.6. The maximum atomic E-state index is 13.8. The average Bonchev–Trinajstić information content (AvgIpc) is 2.69. The second-order valence-corrected chi connectivity index (χ2v) is 10.8. The van der Waals surface area contributed by atoms with E-state index in [0.29, 0.717) is 25.7 Å². The van der Waals surface area contributed by atoms with Crippen molar-refractivity contribution in [3.63, 3.8) is 0 Å². The molecule has 0 heterocycles. The molecule has 4 rings (SSSR count). The first-order valence-corrected chi connectivity index (χ1v) is 11.2. The summed E-state index contributed by atoms with van der Waals surface area (Å²) in [6, 6.07) is 0. The van der Waals surface area contributed by atoms with Crippen LogP contribution in [0, 0.1) is 17.3 Å². The summed E-state index contributed by atoms with van der Waals surface area (Å²) in [7, 11) is 0. The SMILES string of the molecule is CC(C)(C)OC(=O)COC12CC3CC(C1)CC(C(=O)OCCC(F)(F)C(F)(F)C(=O)OO)(C3)C2. The summed E-state index contributed by atoms with van der Waals surface area (Å²) in [5.74, 6) is -14.1. The summed E-state index contributed by atoms with van der Waals surface area (Å²) in [6.45, 7) is 3.85. The second-order valence-electron chi connectivity index (χ2n) is 10.8. The van der Waals surface area contributed by atoms with Gasteiger partial charge in [0.1, 0.15) is 12.2 Å². The van der Waals surface area contributed by atoms with Crippen LogP contribution in [0.2, 0.25) is 0 Å². The van der Waals surface area contributed by atoms with Crippen molar-refractivity contribution < 1.29 is 56.3 Å². The molecule has 2 unspecified atom stereocenters. The van der Waals surface area contributed by atoms with Gasteiger partial charge < -0.3 is 14.2 Å². The Morgan fingerprint density at radius 1 is 1.00 bits per heavy atom. The van der Waals surface area contributed by atoms with Crippen LogP contribution in [-0.4, -0.2) is 59.4 Å². The normalized spacial score (nSPS) is 30.7. The van der Waals surface area contributed by atoms with Crippen molar-refractivity contribution in [2.45, 2.75) is 88.8 Å². The van der Waals surface area contributed by atoms with Gasteiger partial charge in [0, 0.05) is 0 Å². The molecule has 4 saturated carbocycles. The van der Waals surface area contributed by atoms with Gasteiger partial charge in [-0.15, -0.1) is 0 Å². The predicted octanol–water partition coefficient (Wildman–Crippen LogP) is 3.90. The van der Waals surface area contributed by atoms with Crippen LogP contribution < -0.4 is 0 Å². The minimum Gasteiger partial charge on any atom is -0.465 e. The molecular formula is C22H30F4O8. The Balaban J connectivity index is 1.62. The van der Waals surface area contributed by atoms with Crippen molar-refractivity contribution in [1.29, 1.82) is 0 Å². The lowest BCUT2D eigenvalue weighted by Gasteiger charge is -2.60. The van der Waals surface area contributed by atoms with Crippen molar-refractivity contribution >= 4 is 17.9 Å². The number of carbonyl (C=O) groups excluding carboxylic acids is 3. The standard InChI is InChI=1S/C22H30F4O8/c1-18(2,3)33-15(27)11-32-20-9-13-6-14(10-20)8-19(7-13,12-20)16(28)31-5-4-21(23,24)22(25,26)17(29)34-30/h13-14,30H,4-12H2,1-3H3. The summed E-state index contributed by atoms with van der Waals surface area (Å²) >= 11 is 0. The lowest BCUT2D eigenvalue weighted by molar-refractivity contribution is -0.285. The van der Waals surface area contributed by atoms with E-state index in [1.165, 1.54) is 0 Å². The van der Waals surface area contributed by atoms with Crippen molar-refractivity contribution in [1.82, 2.24) is 0 Å². The van der Waals surface area contributed by atoms with Crippen LogP contribution in [-0.2, 0) is 33.5 Å². The van der Waals surface area contributed by atoms with E-state index in [9.17, 15) is 31.9 Å². The lowest BCUT2D eigenvalue weighted by atomic mass is 9.48. The number of hydrogen-bond donors (Lipinski definition) is 1. The first-order valence-electron chi connectivity index (χ1n) is 11.2. The molecule has 4 bridgehead atoms. The molecule has 2 atom stereocenters. The fourth-order valence-corrected chi connectivity index (χ4v) is 5.96. The second kappa shape index (κ2) is 8.92. The molecule has 4 fully saturated rings. The topological polar surface area (TPSA) is 108 Å².